The Morgan fingerprint density at radius 2 is 2.00 bits per heavy atom. The standard InChI is InChI=1S/C11H15F2NO2S/c1-14-10(6-7-17(2,15)16)8-4-3-5-9(12)11(8)13/h3-5,10,14H,6-7H2,1-2H3. The first kappa shape index (κ1) is 14.1. The molecule has 0 amide bonds. The number of hydrogen-bond acceptors (Lipinski definition) is 3. The van der Waals surface area contributed by atoms with Crippen molar-refractivity contribution in [1.29, 1.82) is 0 Å². The monoisotopic (exact) mass is 263 g/mol. The molecule has 0 aromatic heterocycles. The number of halogens is 2. The fourth-order valence-corrected chi connectivity index (χ4v) is 2.24. The maximum atomic E-state index is 13.5. The zero-order chi connectivity index (χ0) is 13.1. The van der Waals surface area contributed by atoms with Gasteiger partial charge in [-0.25, -0.2) is 17.2 Å². The van der Waals surface area contributed by atoms with E-state index in [-0.39, 0.29) is 17.7 Å². The summed E-state index contributed by atoms with van der Waals surface area (Å²) in [6.07, 6.45) is 1.32. The predicted molar refractivity (Wildman–Crippen MR) is 62.5 cm³/mol. The highest BCUT2D eigenvalue weighted by atomic mass is 32.2. The van der Waals surface area contributed by atoms with Crippen molar-refractivity contribution in [2.75, 3.05) is 19.1 Å². The summed E-state index contributed by atoms with van der Waals surface area (Å²) in [6.45, 7) is 0. The first-order chi connectivity index (χ1) is 7.85. The topological polar surface area (TPSA) is 46.2 Å². The maximum Gasteiger partial charge on any atom is 0.163 e. The Hall–Kier alpha value is -1.01. The van der Waals surface area contributed by atoms with Gasteiger partial charge in [-0.1, -0.05) is 12.1 Å². The molecule has 6 heteroatoms. The van der Waals surface area contributed by atoms with E-state index in [0.717, 1.165) is 12.3 Å². The van der Waals surface area contributed by atoms with Gasteiger partial charge in [-0.3, -0.25) is 0 Å². The number of benzene rings is 1. The minimum Gasteiger partial charge on any atom is -0.313 e. The first-order valence-corrected chi connectivity index (χ1v) is 7.20. The highest BCUT2D eigenvalue weighted by molar-refractivity contribution is 7.90. The average Bonchev–Trinajstić information content (AvgIpc) is 2.23. The van der Waals surface area contributed by atoms with Crippen LogP contribution < -0.4 is 5.32 Å². The van der Waals surface area contributed by atoms with Crippen molar-refractivity contribution < 1.29 is 17.2 Å². The van der Waals surface area contributed by atoms with Gasteiger partial charge in [0.2, 0.25) is 0 Å². The maximum absolute atomic E-state index is 13.5. The number of nitrogens with one attached hydrogen (secondary N) is 1. The molecule has 0 bridgehead atoms. The van der Waals surface area contributed by atoms with Crippen LogP contribution >= 0.6 is 0 Å². The van der Waals surface area contributed by atoms with E-state index < -0.39 is 27.5 Å². The Balaban J connectivity index is 2.90. The number of rotatable bonds is 5. The Morgan fingerprint density at radius 1 is 1.35 bits per heavy atom. The van der Waals surface area contributed by atoms with Crippen LogP contribution in [-0.2, 0) is 9.84 Å². The van der Waals surface area contributed by atoms with Crippen molar-refractivity contribution in [3.63, 3.8) is 0 Å². The summed E-state index contributed by atoms with van der Waals surface area (Å²) in [7, 11) is -1.54. The van der Waals surface area contributed by atoms with Crippen LogP contribution in [0.2, 0.25) is 0 Å². The van der Waals surface area contributed by atoms with Gasteiger partial charge >= 0.3 is 0 Å². The SMILES string of the molecule is CNC(CCS(C)(=O)=O)c1cccc(F)c1F. The van der Waals surface area contributed by atoms with Crippen molar-refractivity contribution in [3.05, 3.63) is 35.4 Å². The van der Waals surface area contributed by atoms with Crippen LogP contribution in [0.3, 0.4) is 0 Å². The molecule has 1 aromatic rings. The van der Waals surface area contributed by atoms with Crippen LogP contribution in [0.25, 0.3) is 0 Å². The Bertz CT molecular complexity index is 488. The van der Waals surface area contributed by atoms with Gasteiger partial charge in [0.05, 0.1) is 5.75 Å². The van der Waals surface area contributed by atoms with E-state index in [1.54, 1.807) is 7.05 Å². The van der Waals surface area contributed by atoms with Gasteiger partial charge in [0, 0.05) is 17.9 Å². The third kappa shape index (κ3) is 4.05. The van der Waals surface area contributed by atoms with Gasteiger partial charge < -0.3 is 5.32 Å². The van der Waals surface area contributed by atoms with E-state index in [1.165, 1.54) is 12.1 Å². The second-order valence-electron chi connectivity index (χ2n) is 3.90. The second-order valence-corrected chi connectivity index (χ2v) is 6.16. The first-order valence-electron chi connectivity index (χ1n) is 5.14. The molecule has 0 spiro atoms. The molecule has 0 aliphatic heterocycles. The lowest BCUT2D eigenvalue weighted by Gasteiger charge is -2.16. The molecule has 1 atom stereocenters. The molecule has 0 radical (unpaired) electrons. The van der Waals surface area contributed by atoms with Gasteiger partial charge in [-0.05, 0) is 19.5 Å². The highest BCUT2D eigenvalue weighted by Crippen LogP contribution is 2.22. The lowest BCUT2D eigenvalue weighted by atomic mass is 10.0. The quantitative estimate of drug-likeness (QED) is 0.879. The molecular weight excluding hydrogens is 248 g/mol. The van der Waals surface area contributed by atoms with Crippen molar-refractivity contribution in [3.8, 4) is 0 Å². The molecule has 0 fully saturated rings. The van der Waals surface area contributed by atoms with Crippen LogP contribution in [0.1, 0.15) is 18.0 Å². The van der Waals surface area contributed by atoms with Crippen molar-refractivity contribution in [2.24, 2.45) is 0 Å². The smallest absolute Gasteiger partial charge is 0.163 e. The Kier molecular flexibility index (Phi) is 4.59. The second kappa shape index (κ2) is 5.55. The lowest BCUT2D eigenvalue weighted by molar-refractivity contribution is 0.469. The Labute approximate surface area is 99.8 Å². The third-order valence-electron chi connectivity index (χ3n) is 2.48. The van der Waals surface area contributed by atoms with E-state index in [1.807, 2.05) is 0 Å². The summed E-state index contributed by atoms with van der Waals surface area (Å²) in [6, 6.07) is 3.36. The molecule has 1 unspecified atom stereocenters. The average molecular weight is 263 g/mol. The minimum absolute atomic E-state index is 0.0749. The molecule has 17 heavy (non-hydrogen) atoms. The molecule has 0 aliphatic carbocycles. The molecule has 3 nitrogen and oxygen atoms in total. The largest absolute Gasteiger partial charge is 0.313 e. The molecule has 1 aromatic carbocycles. The zero-order valence-corrected chi connectivity index (χ0v) is 10.5. The Morgan fingerprint density at radius 3 is 2.53 bits per heavy atom. The van der Waals surface area contributed by atoms with E-state index in [2.05, 4.69) is 5.32 Å². The van der Waals surface area contributed by atoms with Gasteiger partial charge in [-0.15, -0.1) is 0 Å². The lowest BCUT2D eigenvalue weighted by Crippen LogP contribution is -2.21. The van der Waals surface area contributed by atoms with Gasteiger partial charge in [0.1, 0.15) is 9.84 Å². The zero-order valence-electron chi connectivity index (χ0n) is 9.70. The molecule has 96 valence electrons. The van der Waals surface area contributed by atoms with Gasteiger partial charge in [-0.2, -0.15) is 0 Å². The van der Waals surface area contributed by atoms with Crippen LogP contribution in [0.15, 0.2) is 18.2 Å². The molecule has 1 rings (SSSR count). The fraction of sp³-hybridized carbons (Fsp3) is 0.455. The predicted octanol–water partition coefficient (Wildman–Crippen LogP) is 1.66. The summed E-state index contributed by atoms with van der Waals surface area (Å²) in [5.74, 6) is -1.93. The van der Waals surface area contributed by atoms with Gasteiger partial charge in [0.25, 0.3) is 0 Å². The molecule has 0 saturated carbocycles. The van der Waals surface area contributed by atoms with Crippen molar-refractivity contribution in [1.82, 2.24) is 5.32 Å². The molecular formula is C11H15F2NO2S. The molecule has 0 saturated heterocycles. The summed E-state index contributed by atoms with van der Waals surface area (Å²) in [5, 5.41) is 2.79. The number of hydrogen-bond donors (Lipinski definition) is 1. The summed E-state index contributed by atoms with van der Waals surface area (Å²) in [4.78, 5) is 0. The van der Waals surface area contributed by atoms with E-state index in [4.69, 9.17) is 0 Å². The third-order valence-corrected chi connectivity index (χ3v) is 3.46. The molecule has 0 aliphatic rings. The van der Waals surface area contributed by atoms with E-state index in [9.17, 15) is 17.2 Å². The molecule has 0 heterocycles. The van der Waals surface area contributed by atoms with Crippen LogP contribution in [0, 0.1) is 11.6 Å². The van der Waals surface area contributed by atoms with Crippen molar-refractivity contribution >= 4 is 9.84 Å². The normalized spacial score (nSPS) is 13.6. The van der Waals surface area contributed by atoms with E-state index in [0.29, 0.717) is 0 Å². The van der Waals surface area contributed by atoms with Crippen molar-refractivity contribution in [2.45, 2.75) is 12.5 Å². The highest BCUT2D eigenvalue weighted by Gasteiger charge is 2.18. The van der Waals surface area contributed by atoms with Gasteiger partial charge in [0.15, 0.2) is 11.6 Å². The fourth-order valence-electron chi connectivity index (χ4n) is 1.58. The molecule has 1 N–H and O–H groups in total. The summed E-state index contributed by atoms with van der Waals surface area (Å²) in [5.41, 5.74) is 0.149. The summed E-state index contributed by atoms with van der Waals surface area (Å²) >= 11 is 0. The minimum atomic E-state index is -3.12. The number of sulfone groups is 1. The van der Waals surface area contributed by atoms with Crippen LogP contribution in [0.5, 0.6) is 0 Å². The van der Waals surface area contributed by atoms with Crippen LogP contribution in [0.4, 0.5) is 8.78 Å². The van der Waals surface area contributed by atoms with Crippen LogP contribution in [-0.4, -0.2) is 27.5 Å². The van der Waals surface area contributed by atoms with E-state index >= 15 is 0 Å². The summed E-state index contributed by atoms with van der Waals surface area (Å²) < 4.78 is 48.6.